The van der Waals surface area contributed by atoms with Crippen molar-refractivity contribution in [1.29, 1.82) is 5.41 Å². The van der Waals surface area contributed by atoms with Crippen LogP contribution in [0.2, 0.25) is 0 Å². The molecule has 1 aromatic rings. The number of nitrogens with one attached hydrogen (secondary N) is 2. The van der Waals surface area contributed by atoms with Crippen molar-refractivity contribution in [2.45, 2.75) is 25.5 Å². The lowest BCUT2D eigenvalue weighted by Gasteiger charge is -2.37. The molecular weight excluding hydrogens is 395 g/mol. The van der Waals surface area contributed by atoms with E-state index < -0.39 is 27.0 Å². The standard InChI is InChI=1S/C20H27FN4O3S/c1-4-5-18(20(26)23-17-8-6-16(21)7-9-17)19(14-22)24-10-12-25(13-11-24)29(27,28)15(2)3/h4,6-9,14-15,22H,1,5,10-13H2,2-3H3,(H,23,26)/b19-18+,22-14?. The minimum Gasteiger partial charge on any atom is -0.367 e. The van der Waals surface area contributed by atoms with E-state index in [0.29, 0.717) is 43.1 Å². The van der Waals surface area contributed by atoms with E-state index in [2.05, 4.69) is 11.9 Å². The van der Waals surface area contributed by atoms with Crippen molar-refractivity contribution in [2.24, 2.45) is 0 Å². The lowest BCUT2D eigenvalue weighted by atomic mass is 10.1. The molecule has 0 unspecified atom stereocenters. The first kappa shape index (κ1) is 22.8. The second-order valence-corrected chi connectivity index (χ2v) is 9.43. The Bertz CT molecular complexity index is 887. The molecule has 1 aliphatic rings. The first-order valence-corrected chi connectivity index (χ1v) is 10.9. The fourth-order valence-electron chi connectivity index (χ4n) is 3.05. The lowest BCUT2D eigenvalue weighted by molar-refractivity contribution is -0.113. The Balaban J connectivity index is 2.21. The van der Waals surface area contributed by atoms with E-state index in [1.54, 1.807) is 19.9 Å². The highest BCUT2D eigenvalue weighted by molar-refractivity contribution is 7.89. The van der Waals surface area contributed by atoms with E-state index in [-0.39, 0.29) is 6.42 Å². The van der Waals surface area contributed by atoms with Gasteiger partial charge in [-0.1, -0.05) is 6.08 Å². The Labute approximate surface area is 171 Å². The number of halogens is 1. The average molecular weight is 423 g/mol. The second-order valence-electron chi connectivity index (χ2n) is 6.94. The number of rotatable bonds is 8. The molecule has 29 heavy (non-hydrogen) atoms. The molecule has 1 saturated heterocycles. The van der Waals surface area contributed by atoms with Crippen LogP contribution in [0.15, 0.2) is 48.2 Å². The van der Waals surface area contributed by atoms with E-state index in [1.807, 2.05) is 4.90 Å². The monoisotopic (exact) mass is 422 g/mol. The fraction of sp³-hybridized carbons (Fsp3) is 0.400. The maximum absolute atomic E-state index is 13.1. The number of piperazine rings is 1. The largest absolute Gasteiger partial charge is 0.367 e. The van der Waals surface area contributed by atoms with Crippen LogP contribution in [-0.2, 0) is 14.8 Å². The number of allylic oxidation sites excluding steroid dienone is 2. The zero-order valence-corrected chi connectivity index (χ0v) is 17.5. The van der Waals surface area contributed by atoms with Crippen molar-refractivity contribution in [3.63, 3.8) is 0 Å². The molecule has 0 aromatic heterocycles. The third-order valence-electron chi connectivity index (χ3n) is 4.71. The molecule has 0 bridgehead atoms. The van der Waals surface area contributed by atoms with Crippen molar-refractivity contribution < 1.29 is 17.6 Å². The summed E-state index contributed by atoms with van der Waals surface area (Å²) in [5, 5.41) is 10.0. The van der Waals surface area contributed by atoms with Gasteiger partial charge in [-0.25, -0.2) is 12.8 Å². The molecular formula is C20H27FN4O3S. The maximum atomic E-state index is 13.1. The highest BCUT2D eigenvalue weighted by Crippen LogP contribution is 2.20. The minimum atomic E-state index is -3.34. The summed E-state index contributed by atoms with van der Waals surface area (Å²) in [6.07, 6.45) is 2.92. The van der Waals surface area contributed by atoms with E-state index in [9.17, 15) is 17.6 Å². The number of carbonyl (C=O) groups is 1. The zero-order valence-electron chi connectivity index (χ0n) is 16.7. The topological polar surface area (TPSA) is 93.6 Å². The van der Waals surface area contributed by atoms with Crippen molar-refractivity contribution >= 4 is 27.8 Å². The summed E-state index contributed by atoms with van der Waals surface area (Å²) in [6, 6.07) is 5.41. The van der Waals surface area contributed by atoms with Crippen LogP contribution in [0.1, 0.15) is 20.3 Å². The molecule has 0 radical (unpaired) electrons. The van der Waals surface area contributed by atoms with Crippen LogP contribution in [0, 0.1) is 11.2 Å². The van der Waals surface area contributed by atoms with Crippen LogP contribution in [0.25, 0.3) is 0 Å². The van der Waals surface area contributed by atoms with Crippen LogP contribution < -0.4 is 5.32 Å². The molecule has 158 valence electrons. The molecule has 7 nitrogen and oxygen atoms in total. The number of carbonyl (C=O) groups excluding carboxylic acids is 1. The van der Waals surface area contributed by atoms with Crippen LogP contribution in [0.3, 0.4) is 0 Å². The van der Waals surface area contributed by atoms with Gasteiger partial charge < -0.3 is 15.6 Å². The van der Waals surface area contributed by atoms with Gasteiger partial charge in [-0.2, -0.15) is 4.31 Å². The minimum absolute atomic E-state index is 0.238. The van der Waals surface area contributed by atoms with Crippen molar-refractivity contribution in [3.05, 3.63) is 54.0 Å². The highest BCUT2D eigenvalue weighted by Gasteiger charge is 2.30. The Hall–Kier alpha value is -2.52. The summed E-state index contributed by atoms with van der Waals surface area (Å²) in [5.74, 6) is -0.813. The summed E-state index contributed by atoms with van der Waals surface area (Å²) < 4.78 is 39.2. The van der Waals surface area contributed by atoms with E-state index in [4.69, 9.17) is 5.41 Å². The van der Waals surface area contributed by atoms with Gasteiger partial charge in [-0.05, 0) is 44.5 Å². The zero-order chi connectivity index (χ0) is 21.6. The first-order valence-electron chi connectivity index (χ1n) is 9.36. The maximum Gasteiger partial charge on any atom is 0.254 e. The van der Waals surface area contributed by atoms with Crippen molar-refractivity contribution in [3.8, 4) is 0 Å². The highest BCUT2D eigenvalue weighted by atomic mass is 32.2. The smallest absolute Gasteiger partial charge is 0.254 e. The van der Waals surface area contributed by atoms with E-state index in [0.717, 1.165) is 6.21 Å². The van der Waals surface area contributed by atoms with Gasteiger partial charge in [0.25, 0.3) is 5.91 Å². The predicted octanol–water partition coefficient (Wildman–Crippen LogP) is 2.60. The molecule has 1 aliphatic heterocycles. The molecule has 1 amide bonds. The molecule has 1 heterocycles. The molecule has 2 N–H and O–H groups in total. The molecule has 1 aromatic carbocycles. The number of anilines is 1. The SMILES string of the molecule is C=CC/C(C(=O)Nc1ccc(F)cc1)=C(/C=N)N1CCN(S(=O)(=O)C(C)C)CC1. The van der Waals surface area contributed by atoms with E-state index >= 15 is 0 Å². The van der Waals surface area contributed by atoms with Crippen molar-refractivity contribution in [2.75, 3.05) is 31.5 Å². The lowest BCUT2D eigenvalue weighted by Crippen LogP contribution is -2.50. The van der Waals surface area contributed by atoms with Crippen LogP contribution in [0.4, 0.5) is 10.1 Å². The number of amides is 1. The molecule has 9 heteroatoms. The van der Waals surface area contributed by atoms with Crippen LogP contribution in [-0.4, -0.2) is 61.2 Å². The number of nitrogens with zero attached hydrogens (tertiary/aromatic N) is 2. The summed E-state index contributed by atoms with van der Waals surface area (Å²) in [7, 11) is -3.34. The summed E-state index contributed by atoms with van der Waals surface area (Å²) >= 11 is 0. The Kier molecular flexibility index (Phi) is 7.69. The first-order chi connectivity index (χ1) is 13.7. The number of hydrogen-bond donors (Lipinski definition) is 2. The van der Waals surface area contributed by atoms with Crippen LogP contribution in [0.5, 0.6) is 0 Å². The molecule has 0 aliphatic carbocycles. The second kappa shape index (κ2) is 9.80. The van der Waals surface area contributed by atoms with E-state index in [1.165, 1.54) is 28.6 Å². The summed E-state index contributed by atoms with van der Waals surface area (Å²) in [6.45, 7) is 8.31. The number of benzene rings is 1. The van der Waals surface area contributed by atoms with Gasteiger partial charge >= 0.3 is 0 Å². The Morgan fingerprint density at radius 2 is 1.83 bits per heavy atom. The molecule has 0 saturated carbocycles. The third kappa shape index (κ3) is 5.51. The number of sulfonamides is 1. The van der Waals surface area contributed by atoms with Gasteiger partial charge in [0.1, 0.15) is 5.82 Å². The predicted molar refractivity (Wildman–Crippen MR) is 113 cm³/mol. The molecule has 1 fully saturated rings. The van der Waals surface area contributed by atoms with Crippen molar-refractivity contribution in [1.82, 2.24) is 9.21 Å². The average Bonchev–Trinajstić information content (AvgIpc) is 2.70. The molecule has 0 spiro atoms. The van der Waals surface area contributed by atoms with Gasteiger partial charge in [0.05, 0.1) is 10.9 Å². The van der Waals surface area contributed by atoms with Crippen LogP contribution >= 0.6 is 0 Å². The van der Waals surface area contributed by atoms with Gasteiger partial charge in [0.2, 0.25) is 10.0 Å². The fourth-order valence-corrected chi connectivity index (χ4v) is 4.32. The quantitative estimate of drug-likeness (QED) is 0.383. The number of hydrogen-bond acceptors (Lipinski definition) is 5. The van der Waals surface area contributed by atoms with Gasteiger partial charge in [-0.15, -0.1) is 6.58 Å². The molecule has 0 atom stereocenters. The Morgan fingerprint density at radius 3 is 2.31 bits per heavy atom. The summed E-state index contributed by atoms with van der Waals surface area (Å²) in [5.41, 5.74) is 1.21. The Morgan fingerprint density at radius 1 is 1.24 bits per heavy atom. The van der Waals surface area contributed by atoms with Gasteiger partial charge in [0, 0.05) is 43.7 Å². The molecule has 2 rings (SSSR count). The normalized spacial score (nSPS) is 16.3. The van der Waals surface area contributed by atoms with Gasteiger partial charge in [-0.3, -0.25) is 4.79 Å². The third-order valence-corrected chi connectivity index (χ3v) is 6.98. The summed E-state index contributed by atoms with van der Waals surface area (Å²) in [4.78, 5) is 14.6. The van der Waals surface area contributed by atoms with Gasteiger partial charge in [0.15, 0.2) is 0 Å².